The topological polar surface area (TPSA) is 21.3 Å². The normalized spacial score (nSPS) is 13.1. The lowest BCUT2D eigenvalue weighted by atomic mass is 9.87. The number of hydrogen-bond acceptors (Lipinski definition) is 3. The van der Waals surface area contributed by atoms with Crippen molar-refractivity contribution in [3.05, 3.63) is 22.7 Å². The molecule has 1 heterocycles. The molecule has 0 aliphatic carbocycles. The second kappa shape index (κ2) is 6.09. The number of fused-ring (bicyclic) bond motifs is 1. The summed E-state index contributed by atoms with van der Waals surface area (Å²) in [5.41, 5.74) is 3.14. The van der Waals surface area contributed by atoms with Gasteiger partial charge in [-0.3, -0.25) is 0 Å². The Labute approximate surface area is 117 Å². The van der Waals surface area contributed by atoms with E-state index in [9.17, 15) is 0 Å². The monoisotopic (exact) mass is 285 g/mol. The Morgan fingerprint density at radius 1 is 1.65 bits per heavy atom. The molecule has 0 unspecified atom stereocenters. The Balaban J connectivity index is 2.09. The van der Waals surface area contributed by atoms with Gasteiger partial charge >= 0.3 is 7.48 Å². The van der Waals surface area contributed by atoms with E-state index in [4.69, 9.17) is 28.5 Å². The minimum absolute atomic E-state index is 0.596. The summed E-state index contributed by atoms with van der Waals surface area (Å²) in [5.74, 6) is 1.03. The molecule has 0 saturated heterocycles. The van der Waals surface area contributed by atoms with Gasteiger partial charge in [-0.05, 0) is 29.3 Å². The number of halogens is 1. The van der Waals surface area contributed by atoms with Crippen molar-refractivity contribution < 1.29 is 4.65 Å². The highest BCUT2D eigenvalue weighted by Crippen LogP contribution is 2.24. The lowest BCUT2D eigenvalue weighted by Crippen LogP contribution is -2.16. The van der Waals surface area contributed by atoms with E-state index in [0.29, 0.717) is 14.1 Å². The predicted molar refractivity (Wildman–Crippen MR) is 82.0 cm³/mol. The average Bonchev–Trinajstić information content (AvgIpc) is 2.79. The average molecular weight is 286 g/mol. The van der Waals surface area contributed by atoms with Crippen molar-refractivity contribution in [1.82, 2.24) is 0 Å². The fourth-order valence-corrected chi connectivity index (χ4v) is 2.87. The Morgan fingerprint density at radius 3 is 3.24 bits per heavy atom. The summed E-state index contributed by atoms with van der Waals surface area (Å²) >= 11 is 13.2. The van der Waals surface area contributed by atoms with E-state index in [-0.39, 0.29) is 0 Å². The molecule has 6 heteroatoms. The highest BCUT2D eigenvalue weighted by molar-refractivity contribution is 8.23. The molecule has 1 aromatic rings. The molecular weight excluding hydrogens is 273 g/mol. The molecule has 1 aliphatic heterocycles. The summed E-state index contributed by atoms with van der Waals surface area (Å²) in [6, 6.07) is 4.01. The minimum Gasteiger partial charge on any atom is -0.430 e. The van der Waals surface area contributed by atoms with Crippen LogP contribution in [0.15, 0.2) is 12.1 Å². The number of benzene rings is 1. The van der Waals surface area contributed by atoms with E-state index < -0.39 is 0 Å². The molecule has 0 amide bonds. The summed E-state index contributed by atoms with van der Waals surface area (Å²) in [7, 11) is 0.596. The van der Waals surface area contributed by atoms with Crippen LogP contribution in [0.25, 0.3) is 0 Å². The first-order valence-corrected chi connectivity index (χ1v) is 7.31. The van der Waals surface area contributed by atoms with Crippen molar-refractivity contribution in [2.45, 2.75) is 20.0 Å². The Morgan fingerprint density at radius 2 is 2.47 bits per heavy atom. The molecule has 0 aromatic heterocycles. The van der Waals surface area contributed by atoms with Crippen LogP contribution in [0.1, 0.15) is 18.9 Å². The molecule has 2 rings (SSSR count). The van der Waals surface area contributed by atoms with E-state index in [0.717, 1.165) is 32.7 Å². The lowest BCUT2D eigenvalue weighted by molar-refractivity contribution is 0.345. The van der Waals surface area contributed by atoms with Gasteiger partial charge in [0.25, 0.3) is 0 Å². The summed E-state index contributed by atoms with van der Waals surface area (Å²) in [4.78, 5) is 0. The summed E-state index contributed by atoms with van der Waals surface area (Å²) < 4.78 is 6.14. The smallest absolute Gasteiger partial charge is 0.310 e. The molecule has 2 nitrogen and oxygen atoms in total. The standard InChI is InChI=1S/C11H13BClNOS2/c1-2-5-17-11(16)14-8-4-3-7-6-15-12-9(7)10(8)13/h3-4,12H,2,5-6H2,1H3,(H,14,16). The van der Waals surface area contributed by atoms with Crippen LogP contribution in [0.3, 0.4) is 0 Å². The number of thioether (sulfide) groups is 1. The van der Waals surface area contributed by atoms with Crippen LogP contribution in [0.4, 0.5) is 5.69 Å². The first-order valence-electron chi connectivity index (χ1n) is 5.54. The molecule has 0 radical (unpaired) electrons. The molecule has 1 aromatic carbocycles. The molecule has 0 atom stereocenters. The van der Waals surface area contributed by atoms with Crippen molar-refractivity contribution in [3.63, 3.8) is 0 Å². The zero-order chi connectivity index (χ0) is 12.3. The van der Waals surface area contributed by atoms with Crippen LogP contribution in [0.5, 0.6) is 0 Å². The van der Waals surface area contributed by atoms with Gasteiger partial charge < -0.3 is 9.97 Å². The third-order valence-electron chi connectivity index (χ3n) is 2.52. The van der Waals surface area contributed by atoms with E-state index in [1.54, 1.807) is 11.8 Å². The number of rotatable bonds is 3. The van der Waals surface area contributed by atoms with Crippen LogP contribution < -0.4 is 10.8 Å². The van der Waals surface area contributed by atoms with E-state index >= 15 is 0 Å². The first-order chi connectivity index (χ1) is 8.22. The zero-order valence-electron chi connectivity index (χ0n) is 9.59. The number of thiocarbonyl (C=S) groups is 1. The maximum atomic E-state index is 6.32. The summed E-state index contributed by atoms with van der Waals surface area (Å²) in [6.07, 6.45) is 1.11. The maximum absolute atomic E-state index is 6.32. The van der Waals surface area contributed by atoms with Crippen LogP contribution in [0, 0.1) is 0 Å². The van der Waals surface area contributed by atoms with Crippen molar-refractivity contribution >= 4 is 58.5 Å². The first kappa shape index (κ1) is 13.2. The Kier molecular flexibility index (Phi) is 4.73. The number of hydrogen-bond donors (Lipinski definition) is 1. The van der Waals surface area contributed by atoms with Gasteiger partial charge in [-0.15, -0.1) is 0 Å². The molecule has 17 heavy (non-hydrogen) atoms. The van der Waals surface area contributed by atoms with Crippen molar-refractivity contribution in [1.29, 1.82) is 0 Å². The predicted octanol–water partition coefficient (Wildman–Crippen LogP) is 2.69. The van der Waals surface area contributed by atoms with Gasteiger partial charge in [-0.25, -0.2) is 0 Å². The molecule has 0 bridgehead atoms. The summed E-state index contributed by atoms with van der Waals surface area (Å²) in [6.45, 7) is 2.79. The van der Waals surface area contributed by atoms with E-state index in [2.05, 4.69) is 12.2 Å². The molecule has 90 valence electrons. The molecular formula is C11H13BClNOS2. The highest BCUT2D eigenvalue weighted by atomic mass is 35.5. The van der Waals surface area contributed by atoms with Crippen LogP contribution in [-0.4, -0.2) is 17.6 Å². The molecule has 1 aliphatic rings. The van der Waals surface area contributed by atoms with E-state index in [1.165, 1.54) is 5.56 Å². The van der Waals surface area contributed by atoms with Gasteiger partial charge in [-0.2, -0.15) is 0 Å². The Hall–Kier alpha value is -0.225. The van der Waals surface area contributed by atoms with Gasteiger partial charge in [0, 0.05) is 0 Å². The zero-order valence-corrected chi connectivity index (χ0v) is 12.0. The third kappa shape index (κ3) is 3.16. The Bertz CT molecular complexity index is 442. The fourth-order valence-electron chi connectivity index (χ4n) is 1.65. The second-order valence-corrected chi connectivity index (χ2v) is 5.97. The van der Waals surface area contributed by atoms with Crippen LogP contribution >= 0.6 is 35.6 Å². The van der Waals surface area contributed by atoms with E-state index in [1.807, 2.05) is 12.1 Å². The van der Waals surface area contributed by atoms with Gasteiger partial charge in [0.2, 0.25) is 0 Å². The van der Waals surface area contributed by atoms with Gasteiger partial charge in [0.1, 0.15) is 4.32 Å². The van der Waals surface area contributed by atoms with Gasteiger partial charge in [-0.1, -0.05) is 48.6 Å². The molecule has 0 fully saturated rings. The molecule has 1 N–H and O–H groups in total. The van der Waals surface area contributed by atoms with Gasteiger partial charge in [0.05, 0.1) is 17.3 Å². The fraction of sp³-hybridized carbons (Fsp3) is 0.364. The van der Waals surface area contributed by atoms with Crippen LogP contribution in [0.2, 0.25) is 5.02 Å². The molecule has 0 saturated carbocycles. The molecule has 0 spiro atoms. The summed E-state index contributed by atoms with van der Waals surface area (Å²) in [5, 5.41) is 3.92. The third-order valence-corrected chi connectivity index (χ3v) is 4.38. The highest BCUT2D eigenvalue weighted by Gasteiger charge is 2.18. The van der Waals surface area contributed by atoms with Crippen molar-refractivity contribution in [2.24, 2.45) is 0 Å². The lowest BCUT2D eigenvalue weighted by Gasteiger charge is -2.11. The minimum atomic E-state index is 0.596. The SMILES string of the molecule is CCCSC(=S)Nc1ccc2c(c1Cl)BOC2. The quantitative estimate of drug-likeness (QED) is 0.681. The van der Waals surface area contributed by atoms with Crippen LogP contribution in [-0.2, 0) is 11.3 Å². The van der Waals surface area contributed by atoms with Gasteiger partial charge in [0.15, 0.2) is 0 Å². The van der Waals surface area contributed by atoms with Crippen molar-refractivity contribution in [3.8, 4) is 0 Å². The largest absolute Gasteiger partial charge is 0.430 e. The number of nitrogens with one attached hydrogen (secondary N) is 1. The maximum Gasteiger partial charge on any atom is 0.310 e. The van der Waals surface area contributed by atoms with Crippen molar-refractivity contribution in [2.75, 3.05) is 11.1 Å². The number of anilines is 1. The second-order valence-electron chi connectivity index (χ2n) is 3.82.